The first-order valence-electron chi connectivity index (χ1n) is 4.12. The van der Waals surface area contributed by atoms with Gasteiger partial charge in [0, 0.05) is 13.8 Å². The molecule has 0 aromatic heterocycles. The predicted molar refractivity (Wildman–Crippen MR) is 50.1 cm³/mol. The SMILES string of the molecule is COCC(COP(C)(=O)O)OC(C)O. The molecule has 6 nitrogen and oxygen atoms in total. The van der Waals surface area contributed by atoms with Gasteiger partial charge in [-0.25, -0.2) is 0 Å². The third-order valence-corrected chi connectivity index (χ3v) is 1.87. The van der Waals surface area contributed by atoms with E-state index < -0.39 is 20.0 Å². The Balaban J connectivity index is 3.90. The standard InChI is InChI=1S/C7H17O6P/c1-6(8)13-7(4-11-2)5-12-14(3,9)10/h6-8H,4-5H2,1-3H3,(H,9,10). The van der Waals surface area contributed by atoms with Crippen molar-refractivity contribution in [2.75, 3.05) is 27.0 Å². The molecule has 0 aliphatic rings. The molecular weight excluding hydrogens is 211 g/mol. The smallest absolute Gasteiger partial charge is 0.325 e. The summed E-state index contributed by atoms with van der Waals surface area (Å²) < 4.78 is 25.2. The average molecular weight is 228 g/mol. The van der Waals surface area contributed by atoms with E-state index in [0.29, 0.717) is 0 Å². The predicted octanol–water partition coefficient (Wildman–Crippen LogP) is 0.188. The summed E-state index contributed by atoms with van der Waals surface area (Å²) in [4.78, 5) is 8.84. The molecule has 3 unspecified atom stereocenters. The lowest BCUT2D eigenvalue weighted by Gasteiger charge is -2.19. The van der Waals surface area contributed by atoms with Crippen molar-refractivity contribution in [3.63, 3.8) is 0 Å². The highest BCUT2D eigenvalue weighted by Crippen LogP contribution is 2.36. The monoisotopic (exact) mass is 228 g/mol. The van der Waals surface area contributed by atoms with E-state index in [4.69, 9.17) is 19.5 Å². The Labute approximate surface area is 83.3 Å². The number of hydrogen-bond donors (Lipinski definition) is 2. The molecule has 0 bridgehead atoms. The number of ether oxygens (including phenoxy) is 2. The van der Waals surface area contributed by atoms with Gasteiger partial charge in [0.2, 0.25) is 0 Å². The van der Waals surface area contributed by atoms with Crippen LogP contribution < -0.4 is 0 Å². The maximum atomic E-state index is 10.8. The lowest BCUT2D eigenvalue weighted by molar-refractivity contribution is -0.148. The van der Waals surface area contributed by atoms with E-state index in [9.17, 15) is 4.57 Å². The van der Waals surface area contributed by atoms with E-state index in [2.05, 4.69) is 4.52 Å². The first-order chi connectivity index (χ1) is 6.35. The molecule has 0 spiro atoms. The van der Waals surface area contributed by atoms with Crippen LogP contribution in [-0.4, -0.2) is 49.4 Å². The van der Waals surface area contributed by atoms with Crippen LogP contribution >= 0.6 is 7.60 Å². The molecule has 0 aliphatic heterocycles. The number of methoxy groups -OCH3 is 1. The molecule has 0 radical (unpaired) electrons. The Hall–Kier alpha value is 0.0300. The van der Waals surface area contributed by atoms with Crippen LogP contribution in [0.15, 0.2) is 0 Å². The summed E-state index contributed by atoms with van der Waals surface area (Å²) >= 11 is 0. The minimum Gasteiger partial charge on any atom is -0.382 e. The molecule has 3 atom stereocenters. The van der Waals surface area contributed by atoms with Crippen molar-refractivity contribution in [3.05, 3.63) is 0 Å². The van der Waals surface area contributed by atoms with Gasteiger partial charge < -0.3 is 24.0 Å². The highest BCUT2D eigenvalue weighted by molar-refractivity contribution is 7.51. The first kappa shape index (κ1) is 14.0. The van der Waals surface area contributed by atoms with Gasteiger partial charge in [-0.15, -0.1) is 0 Å². The van der Waals surface area contributed by atoms with E-state index in [1.807, 2.05) is 0 Å². The van der Waals surface area contributed by atoms with Gasteiger partial charge in [0.25, 0.3) is 0 Å². The van der Waals surface area contributed by atoms with E-state index in [1.165, 1.54) is 14.0 Å². The zero-order chi connectivity index (χ0) is 11.2. The Morgan fingerprint density at radius 3 is 2.36 bits per heavy atom. The molecule has 0 fully saturated rings. The lowest BCUT2D eigenvalue weighted by Crippen LogP contribution is -2.28. The largest absolute Gasteiger partial charge is 0.382 e. The minimum absolute atomic E-state index is 0.0942. The van der Waals surface area contributed by atoms with Crippen molar-refractivity contribution < 1.29 is 28.6 Å². The van der Waals surface area contributed by atoms with Crippen LogP contribution in [0.1, 0.15) is 6.92 Å². The van der Waals surface area contributed by atoms with E-state index in [-0.39, 0.29) is 13.2 Å². The molecule has 0 rings (SSSR count). The first-order valence-corrected chi connectivity index (χ1v) is 6.15. The number of aliphatic hydroxyl groups excluding tert-OH is 1. The summed E-state index contributed by atoms with van der Waals surface area (Å²) in [6.07, 6.45) is -1.52. The molecular formula is C7H17O6P. The summed E-state index contributed by atoms with van der Waals surface area (Å²) in [5.41, 5.74) is 0. The molecule has 7 heteroatoms. The zero-order valence-corrected chi connectivity index (χ0v) is 9.44. The third-order valence-electron chi connectivity index (χ3n) is 1.24. The Bertz CT molecular complexity index is 189. The van der Waals surface area contributed by atoms with E-state index in [0.717, 1.165) is 6.66 Å². The fourth-order valence-corrected chi connectivity index (χ4v) is 1.26. The van der Waals surface area contributed by atoms with Crippen LogP contribution in [0.5, 0.6) is 0 Å². The maximum absolute atomic E-state index is 10.8. The van der Waals surface area contributed by atoms with Gasteiger partial charge in [0.1, 0.15) is 6.10 Å². The van der Waals surface area contributed by atoms with Crippen molar-refractivity contribution >= 4 is 7.60 Å². The highest BCUT2D eigenvalue weighted by Gasteiger charge is 2.17. The summed E-state index contributed by atoms with van der Waals surface area (Å²) in [5.74, 6) is 0. The van der Waals surface area contributed by atoms with Gasteiger partial charge >= 0.3 is 7.60 Å². The molecule has 0 aromatic rings. The molecule has 86 valence electrons. The van der Waals surface area contributed by atoms with Crippen LogP contribution in [0.25, 0.3) is 0 Å². The summed E-state index contributed by atoms with van der Waals surface area (Å²) in [6, 6.07) is 0. The van der Waals surface area contributed by atoms with Crippen molar-refractivity contribution in [1.29, 1.82) is 0 Å². The number of hydrogen-bond acceptors (Lipinski definition) is 5. The maximum Gasteiger partial charge on any atom is 0.325 e. The summed E-state index contributed by atoms with van der Waals surface area (Å²) in [6.45, 7) is 2.61. The highest BCUT2D eigenvalue weighted by atomic mass is 31.2. The molecule has 0 amide bonds. The van der Waals surface area contributed by atoms with Crippen LogP contribution in [0.2, 0.25) is 0 Å². The normalized spacial score (nSPS) is 20.1. The molecule has 14 heavy (non-hydrogen) atoms. The number of rotatable bonds is 7. The van der Waals surface area contributed by atoms with Crippen molar-refractivity contribution in [1.82, 2.24) is 0 Å². The summed E-state index contributed by atoms with van der Waals surface area (Å²) in [5, 5.41) is 8.91. The lowest BCUT2D eigenvalue weighted by atomic mass is 10.4. The van der Waals surface area contributed by atoms with Crippen LogP contribution in [0.3, 0.4) is 0 Å². The van der Waals surface area contributed by atoms with E-state index >= 15 is 0 Å². The second kappa shape index (κ2) is 6.50. The number of aliphatic hydroxyl groups is 1. The molecule has 0 aliphatic carbocycles. The van der Waals surface area contributed by atoms with Crippen LogP contribution in [0, 0.1) is 0 Å². The van der Waals surface area contributed by atoms with Crippen LogP contribution in [-0.2, 0) is 18.6 Å². The topological polar surface area (TPSA) is 85.2 Å². The molecule has 0 saturated carbocycles. The van der Waals surface area contributed by atoms with Crippen LogP contribution in [0.4, 0.5) is 0 Å². The van der Waals surface area contributed by atoms with Crippen molar-refractivity contribution in [3.8, 4) is 0 Å². The molecule has 2 N–H and O–H groups in total. The quantitative estimate of drug-likeness (QED) is 0.478. The van der Waals surface area contributed by atoms with Crippen molar-refractivity contribution in [2.45, 2.75) is 19.3 Å². The third kappa shape index (κ3) is 8.62. The Kier molecular flexibility index (Phi) is 6.52. The Morgan fingerprint density at radius 2 is 2.00 bits per heavy atom. The van der Waals surface area contributed by atoms with Crippen molar-refractivity contribution in [2.24, 2.45) is 0 Å². The van der Waals surface area contributed by atoms with Gasteiger partial charge in [-0.3, -0.25) is 4.57 Å². The fourth-order valence-electron chi connectivity index (χ4n) is 0.813. The van der Waals surface area contributed by atoms with Gasteiger partial charge in [-0.05, 0) is 6.92 Å². The second-order valence-corrected chi connectivity index (χ2v) is 4.78. The molecule has 0 heterocycles. The Morgan fingerprint density at radius 1 is 1.43 bits per heavy atom. The second-order valence-electron chi connectivity index (χ2n) is 2.91. The zero-order valence-electron chi connectivity index (χ0n) is 8.54. The van der Waals surface area contributed by atoms with Gasteiger partial charge in [-0.1, -0.05) is 0 Å². The fraction of sp³-hybridized carbons (Fsp3) is 1.00. The average Bonchev–Trinajstić information content (AvgIpc) is 1.98. The minimum atomic E-state index is -3.50. The van der Waals surface area contributed by atoms with Gasteiger partial charge in [0.15, 0.2) is 6.29 Å². The molecule has 0 aromatic carbocycles. The van der Waals surface area contributed by atoms with Gasteiger partial charge in [0.05, 0.1) is 13.2 Å². The van der Waals surface area contributed by atoms with Gasteiger partial charge in [-0.2, -0.15) is 0 Å². The summed E-state index contributed by atoms with van der Waals surface area (Å²) in [7, 11) is -2.04. The van der Waals surface area contributed by atoms with E-state index in [1.54, 1.807) is 0 Å². The molecule has 0 saturated heterocycles.